The number of hydrogen-bond acceptors (Lipinski definition) is 5. The molecule has 0 bridgehead atoms. The number of carbonyl (C=O) groups excluding carboxylic acids is 2. The molecule has 7 heteroatoms. The minimum absolute atomic E-state index is 0.0272. The molecule has 1 aliphatic rings. The molecule has 25 heavy (non-hydrogen) atoms. The second-order valence-electron chi connectivity index (χ2n) is 6.09. The van der Waals surface area contributed by atoms with Crippen LogP contribution in [0.1, 0.15) is 46.3 Å². The highest BCUT2D eigenvalue weighted by Crippen LogP contribution is 2.35. The number of benzene rings is 1. The highest BCUT2D eigenvalue weighted by Gasteiger charge is 2.33. The van der Waals surface area contributed by atoms with E-state index >= 15 is 0 Å². The largest absolute Gasteiger partial charge is 0.465 e. The van der Waals surface area contributed by atoms with Crippen LogP contribution in [0.15, 0.2) is 28.8 Å². The Balaban J connectivity index is 1.73. The first-order valence-electron chi connectivity index (χ1n) is 8.20. The first kappa shape index (κ1) is 17.0. The summed E-state index contributed by atoms with van der Waals surface area (Å²) < 4.78 is 9.92. The van der Waals surface area contributed by atoms with Crippen LogP contribution in [0.4, 0.5) is 10.5 Å². The molecule has 0 radical (unpaired) electrons. The summed E-state index contributed by atoms with van der Waals surface area (Å²) in [6.07, 6.45) is 1.82. The summed E-state index contributed by atoms with van der Waals surface area (Å²) in [7, 11) is 1.33. The molecule has 2 amide bonds. The maximum absolute atomic E-state index is 12.7. The van der Waals surface area contributed by atoms with Gasteiger partial charge >= 0.3 is 12.0 Å². The van der Waals surface area contributed by atoms with E-state index in [-0.39, 0.29) is 12.1 Å². The topological polar surface area (TPSA) is 84.7 Å². The van der Waals surface area contributed by atoms with Crippen molar-refractivity contribution in [2.24, 2.45) is 0 Å². The third kappa shape index (κ3) is 3.35. The van der Waals surface area contributed by atoms with Crippen LogP contribution >= 0.6 is 0 Å². The van der Waals surface area contributed by atoms with E-state index in [0.717, 1.165) is 29.9 Å². The molecule has 1 aromatic carbocycles. The Morgan fingerprint density at radius 2 is 2.00 bits per heavy atom. The van der Waals surface area contributed by atoms with Crippen LogP contribution in [0, 0.1) is 13.8 Å². The van der Waals surface area contributed by atoms with Crippen LogP contribution in [-0.2, 0) is 4.74 Å². The number of likely N-dealkylation sites (tertiary alicyclic amines) is 1. The number of anilines is 1. The van der Waals surface area contributed by atoms with Gasteiger partial charge in [0, 0.05) is 17.8 Å². The highest BCUT2D eigenvalue weighted by molar-refractivity contribution is 5.92. The van der Waals surface area contributed by atoms with Crippen molar-refractivity contribution >= 4 is 17.7 Å². The van der Waals surface area contributed by atoms with Crippen molar-refractivity contribution < 1.29 is 18.8 Å². The predicted octanol–water partition coefficient (Wildman–Crippen LogP) is 3.45. The van der Waals surface area contributed by atoms with Gasteiger partial charge < -0.3 is 19.5 Å². The molecule has 2 aromatic rings. The zero-order valence-corrected chi connectivity index (χ0v) is 14.5. The number of hydrogen-bond donors (Lipinski definition) is 1. The molecule has 0 saturated carbocycles. The summed E-state index contributed by atoms with van der Waals surface area (Å²) >= 11 is 0. The Labute approximate surface area is 145 Å². The molecule has 0 aliphatic carbocycles. The maximum atomic E-state index is 12.7. The van der Waals surface area contributed by atoms with Crippen molar-refractivity contribution in [3.05, 3.63) is 46.8 Å². The maximum Gasteiger partial charge on any atom is 0.337 e. The van der Waals surface area contributed by atoms with Gasteiger partial charge in [0.25, 0.3) is 0 Å². The zero-order valence-electron chi connectivity index (χ0n) is 14.5. The third-order valence-electron chi connectivity index (χ3n) is 4.49. The van der Waals surface area contributed by atoms with Crippen molar-refractivity contribution in [2.75, 3.05) is 19.0 Å². The number of aromatic nitrogens is 1. The number of esters is 1. The Morgan fingerprint density at radius 1 is 1.28 bits per heavy atom. The van der Waals surface area contributed by atoms with Crippen molar-refractivity contribution in [1.82, 2.24) is 10.1 Å². The van der Waals surface area contributed by atoms with Crippen LogP contribution in [0.3, 0.4) is 0 Å². The summed E-state index contributed by atoms with van der Waals surface area (Å²) in [4.78, 5) is 26.0. The molecule has 1 aliphatic heterocycles. The number of nitrogens with zero attached hydrogens (tertiary/aromatic N) is 2. The third-order valence-corrected chi connectivity index (χ3v) is 4.49. The summed E-state index contributed by atoms with van der Waals surface area (Å²) in [6, 6.07) is 6.42. The second-order valence-corrected chi connectivity index (χ2v) is 6.09. The molecule has 1 fully saturated rings. The molecule has 7 nitrogen and oxygen atoms in total. The minimum Gasteiger partial charge on any atom is -0.465 e. The Kier molecular flexibility index (Phi) is 4.74. The average molecular weight is 343 g/mol. The number of ether oxygens (including phenoxy) is 1. The lowest BCUT2D eigenvalue weighted by atomic mass is 10.0. The smallest absolute Gasteiger partial charge is 0.337 e. The molecule has 0 spiro atoms. The van der Waals surface area contributed by atoms with Crippen molar-refractivity contribution in [1.29, 1.82) is 0 Å². The van der Waals surface area contributed by atoms with Gasteiger partial charge in [0.1, 0.15) is 5.76 Å². The molecule has 1 N–H and O–H groups in total. The Bertz CT molecular complexity index is 763. The van der Waals surface area contributed by atoms with E-state index in [9.17, 15) is 9.59 Å². The Morgan fingerprint density at radius 3 is 2.60 bits per heavy atom. The van der Waals surface area contributed by atoms with E-state index in [1.54, 1.807) is 29.2 Å². The molecule has 1 aromatic heterocycles. The number of nitrogens with one attached hydrogen (secondary N) is 1. The SMILES string of the molecule is COC(=O)c1ccc(NC(=O)N2CCC[C@H]2c2c(C)noc2C)cc1. The van der Waals surface area contributed by atoms with Gasteiger partial charge in [-0.25, -0.2) is 9.59 Å². The number of carbonyl (C=O) groups is 2. The average Bonchev–Trinajstić information content (AvgIpc) is 3.21. The fraction of sp³-hybridized carbons (Fsp3) is 0.389. The van der Waals surface area contributed by atoms with Gasteiger partial charge in [-0.3, -0.25) is 0 Å². The van der Waals surface area contributed by atoms with Gasteiger partial charge in [-0.05, 0) is 51.0 Å². The lowest BCUT2D eigenvalue weighted by Crippen LogP contribution is -2.34. The number of aryl methyl sites for hydroxylation is 2. The predicted molar refractivity (Wildman–Crippen MR) is 91.5 cm³/mol. The van der Waals surface area contributed by atoms with Crippen molar-refractivity contribution in [3.8, 4) is 0 Å². The normalized spacial score (nSPS) is 16.8. The standard InChI is InChI=1S/C18H21N3O4/c1-11-16(12(2)25-20-11)15-5-4-10-21(15)18(23)19-14-8-6-13(7-9-14)17(22)24-3/h6-9,15H,4-5,10H2,1-3H3,(H,19,23)/t15-/m0/s1. The van der Waals surface area contributed by atoms with E-state index < -0.39 is 5.97 Å². The van der Waals surface area contributed by atoms with E-state index in [2.05, 4.69) is 15.2 Å². The van der Waals surface area contributed by atoms with Crippen molar-refractivity contribution in [3.63, 3.8) is 0 Å². The second kappa shape index (κ2) is 6.96. The summed E-state index contributed by atoms with van der Waals surface area (Å²) in [5.74, 6) is 0.348. The Hall–Kier alpha value is -2.83. The number of rotatable bonds is 3. The van der Waals surface area contributed by atoms with Crippen LogP contribution in [0.5, 0.6) is 0 Å². The first-order chi connectivity index (χ1) is 12.0. The molecule has 2 heterocycles. The first-order valence-corrected chi connectivity index (χ1v) is 8.20. The lowest BCUT2D eigenvalue weighted by molar-refractivity contribution is 0.0600. The lowest BCUT2D eigenvalue weighted by Gasteiger charge is -2.25. The van der Waals surface area contributed by atoms with Crippen LogP contribution in [-0.4, -0.2) is 35.7 Å². The number of methoxy groups -OCH3 is 1. The molecule has 1 atom stereocenters. The zero-order chi connectivity index (χ0) is 18.0. The van der Waals surface area contributed by atoms with Gasteiger partial charge in [0.2, 0.25) is 0 Å². The fourth-order valence-corrected chi connectivity index (χ4v) is 3.28. The summed E-state index contributed by atoms with van der Waals surface area (Å²) in [5.41, 5.74) is 2.88. The fourth-order valence-electron chi connectivity index (χ4n) is 3.28. The van der Waals surface area contributed by atoms with Crippen LogP contribution in [0.2, 0.25) is 0 Å². The monoisotopic (exact) mass is 343 g/mol. The van der Waals surface area contributed by atoms with Gasteiger partial charge in [0.05, 0.1) is 24.4 Å². The summed E-state index contributed by atoms with van der Waals surface area (Å²) in [6.45, 7) is 4.45. The van der Waals surface area contributed by atoms with Gasteiger partial charge in [-0.1, -0.05) is 5.16 Å². The van der Waals surface area contributed by atoms with Gasteiger partial charge in [0.15, 0.2) is 0 Å². The number of urea groups is 1. The van der Waals surface area contributed by atoms with E-state index in [1.165, 1.54) is 7.11 Å². The highest BCUT2D eigenvalue weighted by atomic mass is 16.5. The molecule has 3 rings (SSSR count). The molecular formula is C18H21N3O4. The van der Waals surface area contributed by atoms with E-state index in [1.807, 2.05) is 13.8 Å². The molecular weight excluding hydrogens is 322 g/mol. The molecule has 132 valence electrons. The van der Waals surface area contributed by atoms with Crippen molar-refractivity contribution in [2.45, 2.75) is 32.7 Å². The molecule has 1 saturated heterocycles. The number of amides is 2. The van der Waals surface area contributed by atoms with E-state index in [0.29, 0.717) is 17.8 Å². The molecule has 0 unspecified atom stereocenters. The van der Waals surface area contributed by atoms with Gasteiger partial charge in [-0.2, -0.15) is 0 Å². The van der Waals surface area contributed by atoms with Crippen LogP contribution < -0.4 is 5.32 Å². The summed E-state index contributed by atoms with van der Waals surface area (Å²) in [5, 5.41) is 6.88. The van der Waals surface area contributed by atoms with E-state index in [4.69, 9.17) is 4.52 Å². The minimum atomic E-state index is -0.407. The quantitative estimate of drug-likeness (QED) is 0.863. The van der Waals surface area contributed by atoms with Gasteiger partial charge in [-0.15, -0.1) is 0 Å². The van der Waals surface area contributed by atoms with Crippen LogP contribution in [0.25, 0.3) is 0 Å².